The standard InChI is InChI=1S/C17H14N4OS/c1-23-16-8-5-13(6-9-16)7-10-17(22)14-3-2-4-15(11-14)21-12-18-19-20-21/h2-12H,1H3/b10-7+. The first-order chi connectivity index (χ1) is 11.3. The Morgan fingerprint density at radius 2 is 2.00 bits per heavy atom. The quantitative estimate of drug-likeness (QED) is 0.410. The van der Waals surface area contributed by atoms with Gasteiger partial charge in [-0.1, -0.05) is 30.3 Å². The topological polar surface area (TPSA) is 60.7 Å². The van der Waals surface area contributed by atoms with Crippen molar-refractivity contribution in [3.05, 3.63) is 72.1 Å². The summed E-state index contributed by atoms with van der Waals surface area (Å²) in [7, 11) is 0. The van der Waals surface area contributed by atoms with Gasteiger partial charge in [-0.2, -0.15) is 0 Å². The number of carbonyl (C=O) groups is 1. The molecule has 1 aromatic heterocycles. The molecule has 0 aliphatic heterocycles. The average Bonchev–Trinajstić information content (AvgIpc) is 3.15. The highest BCUT2D eigenvalue weighted by molar-refractivity contribution is 7.98. The fourth-order valence-corrected chi connectivity index (χ4v) is 2.47. The van der Waals surface area contributed by atoms with Crippen LogP contribution in [0.4, 0.5) is 0 Å². The molecule has 3 rings (SSSR count). The predicted octanol–water partition coefficient (Wildman–Crippen LogP) is 3.28. The largest absolute Gasteiger partial charge is 0.289 e. The first kappa shape index (κ1) is 15.2. The molecule has 6 heteroatoms. The van der Waals surface area contributed by atoms with Crippen LogP contribution < -0.4 is 0 Å². The number of allylic oxidation sites excluding steroid dienone is 1. The minimum absolute atomic E-state index is 0.0612. The van der Waals surface area contributed by atoms with E-state index in [2.05, 4.69) is 15.5 Å². The van der Waals surface area contributed by atoms with E-state index in [-0.39, 0.29) is 5.78 Å². The Bertz CT molecular complexity index is 826. The lowest BCUT2D eigenvalue weighted by molar-refractivity contribution is 0.104. The van der Waals surface area contributed by atoms with Crippen molar-refractivity contribution in [3.63, 3.8) is 0 Å². The third kappa shape index (κ3) is 3.73. The Morgan fingerprint density at radius 3 is 2.70 bits per heavy atom. The van der Waals surface area contributed by atoms with Crippen LogP contribution in [-0.4, -0.2) is 32.2 Å². The highest BCUT2D eigenvalue weighted by Gasteiger charge is 2.05. The molecular weight excluding hydrogens is 308 g/mol. The number of aromatic nitrogens is 4. The first-order valence-electron chi connectivity index (χ1n) is 6.96. The lowest BCUT2D eigenvalue weighted by Gasteiger charge is -2.01. The van der Waals surface area contributed by atoms with Crippen molar-refractivity contribution in [3.8, 4) is 5.69 Å². The zero-order valence-electron chi connectivity index (χ0n) is 12.5. The highest BCUT2D eigenvalue weighted by atomic mass is 32.2. The van der Waals surface area contributed by atoms with E-state index < -0.39 is 0 Å². The van der Waals surface area contributed by atoms with Crippen LogP contribution in [0.5, 0.6) is 0 Å². The van der Waals surface area contributed by atoms with Crippen LogP contribution in [0.2, 0.25) is 0 Å². The zero-order valence-corrected chi connectivity index (χ0v) is 13.3. The third-order valence-corrected chi connectivity index (χ3v) is 4.03. The van der Waals surface area contributed by atoms with Gasteiger partial charge in [-0.3, -0.25) is 4.79 Å². The van der Waals surface area contributed by atoms with E-state index >= 15 is 0 Å². The number of ketones is 1. The number of nitrogens with zero attached hydrogens (tertiary/aromatic N) is 4. The molecule has 0 spiro atoms. The minimum Gasteiger partial charge on any atom is -0.289 e. The third-order valence-electron chi connectivity index (χ3n) is 3.29. The van der Waals surface area contributed by atoms with Crippen molar-refractivity contribution in [1.82, 2.24) is 20.2 Å². The number of thioether (sulfide) groups is 1. The van der Waals surface area contributed by atoms with E-state index in [0.29, 0.717) is 5.56 Å². The summed E-state index contributed by atoms with van der Waals surface area (Å²) >= 11 is 1.69. The van der Waals surface area contributed by atoms with Crippen LogP contribution in [0.3, 0.4) is 0 Å². The minimum atomic E-state index is -0.0612. The normalized spacial score (nSPS) is 11.0. The van der Waals surface area contributed by atoms with Crippen molar-refractivity contribution >= 4 is 23.6 Å². The lowest BCUT2D eigenvalue weighted by Crippen LogP contribution is -1.99. The van der Waals surface area contributed by atoms with Crippen molar-refractivity contribution in [2.24, 2.45) is 0 Å². The van der Waals surface area contributed by atoms with Crippen LogP contribution in [-0.2, 0) is 0 Å². The molecule has 0 saturated carbocycles. The fourth-order valence-electron chi connectivity index (χ4n) is 2.06. The molecule has 0 amide bonds. The number of tetrazole rings is 1. The van der Waals surface area contributed by atoms with E-state index in [1.54, 1.807) is 30.0 Å². The number of carbonyl (C=O) groups excluding carboxylic acids is 1. The molecule has 1 heterocycles. The second-order valence-corrected chi connectivity index (χ2v) is 5.66. The Morgan fingerprint density at radius 1 is 1.17 bits per heavy atom. The molecule has 0 saturated heterocycles. The monoisotopic (exact) mass is 322 g/mol. The summed E-state index contributed by atoms with van der Waals surface area (Å²) in [5, 5.41) is 11.0. The summed E-state index contributed by atoms with van der Waals surface area (Å²) in [6, 6.07) is 15.3. The second kappa shape index (κ2) is 7.02. The Balaban J connectivity index is 1.77. The highest BCUT2D eigenvalue weighted by Crippen LogP contribution is 2.16. The summed E-state index contributed by atoms with van der Waals surface area (Å²) in [5.74, 6) is -0.0612. The summed E-state index contributed by atoms with van der Waals surface area (Å²) in [5.41, 5.74) is 2.33. The van der Waals surface area contributed by atoms with Gasteiger partial charge in [0.15, 0.2) is 5.78 Å². The van der Waals surface area contributed by atoms with Gasteiger partial charge in [-0.05, 0) is 52.6 Å². The Kier molecular flexibility index (Phi) is 4.63. The number of benzene rings is 2. The van der Waals surface area contributed by atoms with Gasteiger partial charge in [0.1, 0.15) is 6.33 Å². The lowest BCUT2D eigenvalue weighted by atomic mass is 10.1. The van der Waals surface area contributed by atoms with E-state index in [1.165, 1.54) is 15.9 Å². The molecule has 3 aromatic rings. The van der Waals surface area contributed by atoms with Crippen LogP contribution in [0, 0.1) is 0 Å². The summed E-state index contributed by atoms with van der Waals surface area (Å²) < 4.78 is 1.52. The van der Waals surface area contributed by atoms with Gasteiger partial charge in [0.25, 0.3) is 0 Å². The molecule has 23 heavy (non-hydrogen) atoms. The second-order valence-electron chi connectivity index (χ2n) is 4.78. The molecule has 5 nitrogen and oxygen atoms in total. The first-order valence-corrected chi connectivity index (χ1v) is 8.18. The summed E-state index contributed by atoms with van der Waals surface area (Å²) in [6.07, 6.45) is 6.92. The maximum absolute atomic E-state index is 12.3. The van der Waals surface area contributed by atoms with Crippen LogP contribution >= 0.6 is 11.8 Å². The molecule has 0 atom stereocenters. The van der Waals surface area contributed by atoms with Gasteiger partial charge in [0.05, 0.1) is 5.69 Å². The van der Waals surface area contributed by atoms with E-state index in [4.69, 9.17) is 0 Å². The molecule has 2 aromatic carbocycles. The average molecular weight is 322 g/mol. The molecule has 0 N–H and O–H groups in total. The number of hydrogen-bond acceptors (Lipinski definition) is 5. The summed E-state index contributed by atoms with van der Waals surface area (Å²) in [4.78, 5) is 13.5. The van der Waals surface area contributed by atoms with Gasteiger partial charge in [-0.15, -0.1) is 16.9 Å². The number of hydrogen-bond donors (Lipinski definition) is 0. The van der Waals surface area contributed by atoms with E-state index in [0.717, 1.165) is 11.3 Å². The van der Waals surface area contributed by atoms with Gasteiger partial charge in [-0.25, -0.2) is 4.68 Å². The molecule has 114 valence electrons. The van der Waals surface area contributed by atoms with Crippen molar-refractivity contribution in [2.75, 3.05) is 6.26 Å². The summed E-state index contributed by atoms with van der Waals surface area (Å²) in [6.45, 7) is 0. The SMILES string of the molecule is CSc1ccc(/C=C/C(=O)c2cccc(-n3cnnn3)c2)cc1. The molecular formula is C17H14N4OS. The number of rotatable bonds is 5. The van der Waals surface area contributed by atoms with Crippen LogP contribution in [0.25, 0.3) is 11.8 Å². The Labute approximate surface area is 138 Å². The van der Waals surface area contributed by atoms with Crippen LogP contribution in [0.15, 0.2) is 65.8 Å². The van der Waals surface area contributed by atoms with Crippen molar-refractivity contribution in [1.29, 1.82) is 0 Å². The maximum atomic E-state index is 12.3. The molecule has 0 bridgehead atoms. The van der Waals surface area contributed by atoms with Crippen molar-refractivity contribution in [2.45, 2.75) is 4.90 Å². The maximum Gasteiger partial charge on any atom is 0.185 e. The zero-order chi connectivity index (χ0) is 16.1. The van der Waals surface area contributed by atoms with Crippen molar-refractivity contribution < 1.29 is 4.79 Å². The molecule has 0 unspecified atom stereocenters. The molecule has 0 aliphatic carbocycles. The molecule has 0 fully saturated rings. The van der Waals surface area contributed by atoms with Gasteiger partial charge < -0.3 is 0 Å². The fraction of sp³-hybridized carbons (Fsp3) is 0.0588. The van der Waals surface area contributed by atoms with E-state index in [9.17, 15) is 4.79 Å². The molecule has 0 radical (unpaired) electrons. The Hall–Kier alpha value is -2.73. The smallest absolute Gasteiger partial charge is 0.185 e. The molecule has 0 aliphatic rings. The van der Waals surface area contributed by atoms with Gasteiger partial charge in [0.2, 0.25) is 0 Å². The van der Waals surface area contributed by atoms with E-state index in [1.807, 2.05) is 48.7 Å². The van der Waals surface area contributed by atoms with Crippen LogP contribution in [0.1, 0.15) is 15.9 Å². The van der Waals surface area contributed by atoms with Gasteiger partial charge in [0, 0.05) is 10.5 Å². The van der Waals surface area contributed by atoms with Gasteiger partial charge >= 0.3 is 0 Å². The predicted molar refractivity (Wildman–Crippen MR) is 90.7 cm³/mol.